The number of carbonyl (C=O) groups is 1. The Morgan fingerprint density at radius 1 is 1.20 bits per heavy atom. The Morgan fingerprint density at radius 2 is 1.88 bits per heavy atom. The first-order valence-corrected chi connectivity index (χ1v) is 10.7. The molecule has 1 aliphatic rings. The van der Waals surface area contributed by atoms with E-state index in [0.717, 1.165) is 25.9 Å². The molecule has 1 saturated heterocycles. The van der Waals surface area contributed by atoms with E-state index in [2.05, 4.69) is 15.7 Å². The summed E-state index contributed by atoms with van der Waals surface area (Å²) < 4.78 is 27.9. The van der Waals surface area contributed by atoms with E-state index >= 15 is 0 Å². The number of rotatable bonds is 7. The van der Waals surface area contributed by atoms with Crippen LogP contribution in [0.2, 0.25) is 0 Å². The van der Waals surface area contributed by atoms with Gasteiger partial charge in [0, 0.05) is 17.0 Å². The zero-order valence-electron chi connectivity index (χ0n) is 14.1. The summed E-state index contributed by atoms with van der Waals surface area (Å²) in [6.07, 6.45) is 2.31. The van der Waals surface area contributed by atoms with Crippen molar-refractivity contribution in [3.63, 3.8) is 0 Å². The van der Waals surface area contributed by atoms with E-state index in [1.165, 1.54) is 23.9 Å². The highest BCUT2D eigenvalue weighted by molar-refractivity contribution is 7.89. The van der Waals surface area contributed by atoms with E-state index in [4.69, 9.17) is 0 Å². The minimum absolute atomic E-state index is 0.0637. The first-order valence-electron chi connectivity index (χ1n) is 8.35. The van der Waals surface area contributed by atoms with Gasteiger partial charge in [0.15, 0.2) is 5.78 Å². The predicted molar refractivity (Wildman–Crippen MR) is 99.5 cm³/mol. The van der Waals surface area contributed by atoms with Gasteiger partial charge in [-0.25, -0.2) is 13.1 Å². The molecule has 25 heavy (non-hydrogen) atoms. The second kappa shape index (κ2) is 7.78. The maximum Gasteiger partial charge on any atom is 0.240 e. The number of likely N-dealkylation sites (tertiary alicyclic amines) is 1. The molecule has 0 aliphatic carbocycles. The number of hydrogen-bond donors (Lipinski definition) is 1. The van der Waals surface area contributed by atoms with Crippen LogP contribution in [0.3, 0.4) is 0 Å². The Bertz CT molecular complexity index is 809. The molecular formula is C18H22N2O3S2. The van der Waals surface area contributed by atoms with Crippen molar-refractivity contribution >= 4 is 27.1 Å². The van der Waals surface area contributed by atoms with Crippen LogP contribution in [0.25, 0.3) is 0 Å². The zero-order valence-corrected chi connectivity index (χ0v) is 15.8. The van der Waals surface area contributed by atoms with Crippen molar-refractivity contribution in [2.24, 2.45) is 0 Å². The quantitative estimate of drug-likeness (QED) is 0.752. The molecule has 0 radical (unpaired) electrons. The van der Waals surface area contributed by atoms with Crippen molar-refractivity contribution < 1.29 is 13.2 Å². The first-order chi connectivity index (χ1) is 12.0. The van der Waals surface area contributed by atoms with Gasteiger partial charge in [-0.05, 0) is 56.4 Å². The molecule has 0 amide bonds. The van der Waals surface area contributed by atoms with Gasteiger partial charge in [-0.2, -0.15) is 0 Å². The van der Waals surface area contributed by atoms with Crippen LogP contribution in [0.4, 0.5) is 0 Å². The Balaban J connectivity index is 1.73. The molecule has 1 aliphatic heterocycles. The highest BCUT2D eigenvalue weighted by Crippen LogP contribution is 2.28. The van der Waals surface area contributed by atoms with Gasteiger partial charge in [-0.3, -0.25) is 9.69 Å². The minimum Gasteiger partial charge on any atom is -0.295 e. The number of nitrogens with one attached hydrogen (secondary N) is 1. The number of ketones is 1. The summed E-state index contributed by atoms with van der Waals surface area (Å²) in [6, 6.07) is 10.2. The van der Waals surface area contributed by atoms with E-state index in [1.807, 2.05) is 11.4 Å². The summed E-state index contributed by atoms with van der Waals surface area (Å²) in [5.74, 6) is -0.0799. The van der Waals surface area contributed by atoms with Gasteiger partial charge in [-0.15, -0.1) is 11.3 Å². The van der Waals surface area contributed by atoms with E-state index in [0.29, 0.717) is 12.1 Å². The second-order valence-corrected chi connectivity index (χ2v) is 8.95. The molecule has 5 nitrogen and oxygen atoms in total. The number of hydrogen-bond acceptors (Lipinski definition) is 5. The van der Waals surface area contributed by atoms with Crippen LogP contribution in [0.1, 0.15) is 41.0 Å². The van der Waals surface area contributed by atoms with Crippen LogP contribution in [-0.2, 0) is 10.0 Å². The third kappa shape index (κ3) is 4.36. The largest absolute Gasteiger partial charge is 0.295 e. The van der Waals surface area contributed by atoms with Crippen molar-refractivity contribution in [2.75, 3.05) is 19.6 Å². The fraction of sp³-hybridized carbons (Fsp3) is 0.389. The lowest BCUT2D eigenvalue weighted by Crippen LogP contribution is -2.36. The molecular weight excluding hydrogens is 356 g/mol. The number of benzene rings is 1. The standard InChI is InChI=1S/C18H22N2O3S2/c1-14(21)15-6-8-16(9-7-15)25(22,23)19-13-17(18-5-4-12-24-18)20-10-2-3-11-20/h4-9,12,17,19H,2-3,10-11,13H2,1H3. The molecule has 1 atom stereocenters. The molecule has 1 aromatic carbocycles. The van der Waals surface area contributed by atoms with Crippen molar-refractivity contribution in [1.29, 1.82) is 0 Å². The summed E-state index contributed by atoms with van der Waals surface area (Å²) in [6.45, 7) is 3.80. The van der Waals surface area contributed by atoms with Crippen molar-refractivity contribution in [3.05, 3.63) is 52.2 Å². The Morgan fingerprint density at radius 3 is 2.44 bits per heavy atom. The highest BCUT2D eigenvalue weighted by Gasteiger charge is 2.26. The van der Waals surface area contributed by atoms with Crippen LogP contribution in [0, 0.1) is 0 Å². The smallest absolute Gasteiger partial charge is 0.240 e. The number of carbonyl (C=O) groups excluding carboxylic acids is 1. The van der Waals surface area contributed by atoms with E-state index in [-0.39, 0.29) is 16.7 Å². The highest BCUT2D eigenvalue weighted by atomic mass is 32.2. The van der Waals surface area contributed by atoms with Crippen molar-refractivity contribution in [1.82, 2.24) is 9.62 Å². The first kappa shape index (κ1) is 18.3. The van der Waals surface area contributed by atoms with Gasteiger partial charge < -0.3 is 0 Å². The normalized spacial score (nSPS) is 16.8. The number of thiophene rings is 1. The third-order valence-electron chi connectivity index (χ3n) is 4.49. The number of sulfonamides is 1. The lowest BCUT2D eigenvalue weighted by molar-refractivity contribution is 0.101. The zero-order chi connectivity index (χ0) is 17.9. The second-order valence-electron chi connectivity index (χ2n) is 6.21. The molecule has 2 aromatic rings. The molecule has 1 fully saturated rings. The van der Waals surface area contributed by atoms with Crippen LogP contribution < -0.4 is 4.72 Å². The molecule has 0 spiro atoms. The lowest BCUT2D eigenvalue weighted by Gasteiger charge is -2.26. The number of nitrogens with zero attached hydrogens (tertiary/aromatic N) is 1. The van der Waals surface area contributed by atoms with Crippen LogP contribution in [0.15, 0.2) is 46.7 Å². The minimum atomic E-state index is -3.60. The molecule has 3 rings (SSSR count). The van der Waals surface area contributed by atoms with Gasteiger partial charge in [0.05, 0.1) is 10.9 Å². The summed E-state index contributed by atoms with van der Waals surface area (Å²) in [4.78, 5) is 15.0. The molecule has 0 bridgehead atoms. The maximum atomic E-state index is 12.6. The Hall–Kier alpha value is -1.54. The Labute approximate surface area is 152 Å². The van der Waals surface area contributed by atoms with Crippen LogP contribution in [0.5, 0.6) is 0 Å². The SMILES string of the molecule is CC(=O)c1ccc(S(=O)(=O)NCC(c2cccs2)N2CCCC2)cc1. The van der Waals surface area contributed by atoms with E-state index in [1.54, 1.807) is 23.5 Å². The van der Waals surface area contributed by atoms with Crippen LogP contribution in [-0.4, -0.2) is 38.7 Å². The van der Waals surface area contributed by atoms with E-state index < -0.39 is 10.0 Å². The monoisotopic (exact) mass is 378 g/mol. The fourth-order valence-corrected chi connectivity index (χ4v) is 4.98. The molecule has 1 unspecified atom stereocenters. The van der Waals surface area contributed by atoms with Gasteiger partial charge in [-0.1, -0.05) is 18.2 Å². The number of Topliss-reactive ketones (excluding diaryl/α,β-unsaturated/α-hetero) is 1. The molecule has 0 saturated carbocycles. The lowest BCUT2D eigenvalue weighted by atomic mass is 10.2. The molecule has 2 heterocycles. The maximum absolute atomic E-state index is 12.6. The molecule has 7 heteroatoms. The van der Waals surface area contributed by atoms with Crippen molar-refractivity contribution in [3.8, 4) is 0 Å². The molecule has 1 aromatic heterocycles. The van der Waals surface area contributed by atoms with Gasteiger partial charge >= 0.3 is 0 Å². The average molecular weight is 379 g/mol. The third-order valence-corrected chi connectivity index (χ3v) is 6.90. The summed E-state index contributed by atoms with van der Waals surface area (Å²) >= 11 is 1.66. The Kier molecular flexibility index (Phi) is 5.68. The van der Waals surface area contributed by atoms with Crippen LogP contribution >= 0.6 is 11.3 Å². The predicted octanol–water partition coefficient (Wildman–Crippen LogP) is 3.07. The topological polar surface area (TPSA) is 66.5 Å². The fourth-order valence-electron chi connectivity index (χ4n) is 3.08. The van der Waals surface area contributed by atoms with Gasteiger partial charge in [0.2, 0.25) is 10.0 Å². The van der Waals surface area contributed by atoms with E-state index in [9.17, 15) is 13.2 Å². The molecule has 134 valence electrons. The summed E-state index contributed by atoms with van der Waals surface area (Å²) in [5, 5.41) is 2.02. The van der Waals surface area contributed by atoms with Gasteiger partial charge in [0.25, 0.3) is 0 Å². The summed E-state index contributed by atoms with van der Waals surface area (Å²) in [7, 11) is -3.60. The van der Waals surface area contributed by atoms with Crippen molar-refractivity contribution in [2.45, 2.75) is 30.7 Å². The average Bonchev–Trinajstić information content (AvgIpc) is 3.29. The molecule has 1 N–H and O–H groups in total. The van der Waals surface area contributed by atoms with Gasteiger partial charge in [0.1, 0.15) is 0 Å². The summed E-state index contributed by atoms with van der Waals surface area (Å²) in [5.41, 5.74) is 0.507.